The maximum absolute atomic E-state index is 12.8. The molecule has 15 heavy (non-hydrogen) atoms. The summed E-state index contributed by atoms with van der Waals surface area (Å²) in [7, 11) is 2.10. The highest BCUT2D eigenvalue weighted by Crippen LogP contribution is 2.32. The number of nitrogens with zero attached hydrogens (tertiary/aromatic N) is 1. The topological polar surface area (TPSA) is 3.24 Å². The second kappa shape index (κ2) is 4.50. The monoisotopic (exact) mass is 227 g/mol. The zero-order chi connectivity index (χ0) is 10.8. The van der Waals surface area contributed by atoms with Gasteiger partial charge in [0.05, 0.1) is 0 Å². The molecule has 2 atom stereocenters. The van der Waals surface area contributed by atoms with Crippen LogP contribution in [0.2, 0.25) is 0 Å². The first-order valence-corrected chi connectivity index (χ1v) is 5.74. The van der Waals surface area contributed by atoms with Crippen molar-refractivity contribution in [1.82, 2.24) is 4.90 Å². The van der Waals surface area contributed by atoms with Crippen LogP contribution in [0.1, 0.15) is 11.5 Å². The first-order valence-electron chi connectivity index (χ1n) is 5.20. The Morgan fingerprint density at radius 3 is 2.60 bits per heavy atom. The van der Waals surface area contributed by atoms with Crippen LogP contribution in [0.25, 0.3) is 0 Å². The quantitative estimate of drug-likeness (QED) is 0.703. The molecule has 0 saturated carbocycles. The fourth-order valence-electron chi connectivity index (χ4n) is 2.33. The highest BCUT2D eigenvalue weighted by Gasteiger charge is 2.31. The second-order valence-corrected chi connectivity index (χ2v) is 4.60. The van der Waals surface area contributed by atoms with Crippen molar-refractivity contribution in [3.8, 4) is 0 Å². The average Bonchev–Trinajstić information content (AvgIpc) is 2.61. The van der Waals surface area contributed by atoms with Crippen LogP contribution >= 0.6 is 11.6 Å². The standard InChI is InChI=1S/C12H15ClFN/c1-15-7-10(6-13)12(8-15)9-2-4-11(14)5-3-9/h2-5,10,12H,6-8H2,1H3/t10-,12+/m0/s1. The van der Waals surface area contributed by atoms with Crippen molar-refractivity contribution in [3.63, 3.8) is 0 Å². The fraction of sp³-hybridized carbons (Fsp3) is 0.500. The summed E-state index contributed by atoms with van der Waals surface area (Å²) in [6.07, 6.45) is 0. The van der Waals surface area contributed by atoms with E-state index in [1.165, 1.54) is 17.7 Å². The van der Waals surface area contributed by atoms with Crippen LogP contribution in [-0.4, -0.2) is 30.9 Å². The molecule has 3 heteroatoms. The van der Waals surface area contributed by atoms with Gasteiger partial charge in [-0.2, -0.15) is 0 Å². The smallest absolute Gasteiger partial charge is 0.123 e. The lowest BCUT2D eigenvalue weighted by atomic mass is 9.90. The molecular weight excluding hydrogens is 213 g/mol. The van der Waals surface area contributed by atoms with Crippen molar-refractivity contribution in [2.75, 3.05) is 26.0 Å². The molecule has 0 radical (unpaired) electrons. The molecule has 1 aliphatic heterocycles. The van der Waals surface area contributed by atoms with E-state index in [4.69, 9.17) is 11.6 Å². The number of likely N-dealkylation sites (tertiary alicyclic amines) is 1. The Kier molecular flexibility index (Phi) is 3.27. The normalized spacial score (nSPS) is 27.1. The van der Waals surface area contributed by atoms with Gasteiger partial charge in [0.1, 0.15) is 5.82 Å². The van der Waals surface area contributed by atoms with Gasteiger partial charge in [-0.25, -0.2) is 4.39 Å². The largest absolute Gasteiger partial charge is 0.305 e. The predicted molar refractivity (Wildman–Crippen MR) is 60.8 cm³/mol. The third-order valence-electron chi connectivity index (χ3n) is 3.12. The maximum Gasteiger partial charge on any atom is 0.123 e. The van der Waals surface area contributed by atoms with Crippen molar-refractivity contribution in [2.45, 2.75) is 5.92 Å². The molecule has 2 rings (SSSR count). The number of halogens is 2. The van der Waals surface area contributed by atoms with E-state index in [0.717, 1.165) is 13.1 Å². The highest BCUT2D eigenvalue weighted by molar-refractivity contribution is 6.18. The van der Waals surface area contributed by atoms with Crippen LogP contribution in [0.15, 0.2) is 24.3 Å². The number of alkyl halides is 1. The molecule has 0 aliphatic carbocycles. The molecule has 0 bridgehead atoms. The number of benzene rings is 1. The molecular formula is C12H15ClFN. The molecule has 0 unspecified atom stereocenters. The lowest BCUT2D eigenvalue weighted by molar-refractivity contribution is 0.401. The van der Waals surface area contributed by atoms with E-state index in [1.54, 1.807) is 0 Å². The first kappa shape index (κ1) is 10.9. The Bertz CT molecular complexity index is 325. The van der Waals surface area contributed by atoms with E-state index in [-0.39, 0.29) is 5.82 Å². The van der Waals surface area contributed by atoms with Gasteiger partial charge < -0.3 is 4.90 Å². The number of rotatable bonds is 2. The van der Waals surface area contributed by atoms with Crippen molar-refractivity contribution in [2.24, 2.45) is 5.92 Å². The number of likely N-dealkylation sites (N-methyl/N-ethyl adjacent to an activating group) is 1. The molecule has 0 aromatic heterocycles. The Hall–Kier alpha value is -0.600. The molecule has 0 N–H and O–H groups in total. The Morgan fingerprint density at radius 1 is 1.33 bits per heavy atom. The minimum atomic E-state index is -0.174. The summed E-state index contributed by atoms with van der Waals surface area (Å²) >= 11 is 5.95. The van der Waals surface area contributed by atoms with E-state index in [9.17, 15) is 4.39 Å². The van der Waals surface area contributed by atoms with Crippen LogP contribution in [0.3, 0.4) is 0 Å². The van der Waals surface area contributed by atoms with Crippen LogP contribution in [0.4, 0.5) is 4.39 Å². The maximum atomic E-state index is 12.8. The molecule has 1 aliphatic rings. The molecule has 1 saturated heterocycles. The molecule has 1 aromatic carbocycles. The minimum Gasteiger partial charge on any atom is -0.305 e. The summed E-state index contributed by atoms with van der Waals surface area (Å²) in [5.41, 5.74) is 1.20. The summed E-state index contributed by atoms with van der Waals surface area (Å²) in [6, 6.07) is 6.80. The molecule has 0 amide bonds. The minimum absolute atomic E-state index is 0.174. The predicted octanol–water partition coefficient (Wildman–Crippen LogP) is 2.71. The van der Waals surface area contributed by atoms with Gasteiger partial charge in [0.15, 0.2) is 0 Å². The van der Waals surface area contributed by atoms with Gasteiger partial charge >= 0.3 is 0 Å². The first-order chi connectivity index (χ1) is 7.20. The van der Waals surface area contributed by atoms with Crippen molar-refractivity contribution >= 4 is 11.6 Å². The van der Waals surface area contributed by atoms with E-state index in [1.807, 2.05) is 12.1 Å². The lowest BCUT2D eigenvalue weighted by Gasteiger charge is -2.16. The van der Waals surface area contributed by atoms with Gasteiger partial charge in [-0.1, -0.05) is 12.1 Å². The lowest BCUT2D eigenvalue weighted by Crippen LogP contribution is -2.14. The van der Waals surface area contributed by atoms with E-state index in [2.05, 4.69) is 11.9 Å². The summed E-state index contributed by atoms with van der Waals surface area (Å²) < 4.78 is 12.8. The number of hydrogen-bond acceptors (Lipinski definition) is 1. The van der Waals surface area contributed by atoms with Gasteiger partial charge in [0.2, 0.25) is 0 Å². The van der Waals surface area contributed by atoms with Gasteiger partial charge in [-0.05, 0) is 30.7 Å². The van der Waals surface area contributed by atoms with Crippen molar-refractivity contribution < 1.29 is 4.39 Å². The third-order valence-corrected chi connectivity index (χ3v) is 3.52. The molecule has 1 nitrogen and oxygen atoms in total. The molecule has 1 heterocycles. The summed E-state index contributed by atoms with van der Waals surface area (Å²) in [4.78, 5) is 2.28. The third kappa shape index (κ3) is 2.32. The van der Waals surface area contributed by atoms with Gasteiger partial charge in [-0.15, -0.1) is 11.6 Å². The molecule has 0 spiro atoms. The van der Waals surface area contributed by atoms with Crippen LogP contribution in [0.5, 0.6) is 0 Å². The second-order valence-electron chi connectivity index (χ2n) is 4.29. The van der Waals surface area contributed by atoms with Gasteiger partial charge in [0.25, 0.3) is 0 Å². The number of hydrogen-bond donors (Lipinski definition) is 0. The molecule has 1 fully saturated rings. The van der Waals surface area contributed by atoms with E-state index < -0.39 is 0 Å². The van der Waals surface area contributed by atoms with Crippen LogP contribution in [-0.2, 0) is 0 Å². The zero-order valence-electron chi connectivity index (χ0n) is 8.79. The van der Waals surface area contributed by atoms with Crippen molar-refractivity contribution in [1.29, 1.82) is 0 Å². The summed E-state index contributed by atoms with van der Waals surface area (Å²) in [6.45, 7) is 2.05. The summed E-state index contributed by atoms with van der Waals surface area (Å²) in [5, 5.41) is 0. The van der Waals surface area contributed by atoms with Crippen molar-refractivity contribution in [3.05, 3.63) is 35.6 Å². The van der Waals surface area contributed by atoms with Crippen LogP contribution < -0.4 is 0 Å². The Labute approximate surface area is 94.8 Å². The average molecular weight is 228 g/mol. The fourth-order valence-corrected chi connectivity index (χ4v) is 2.64. The van der Waals surface area contributed by atoms with Gasteiger partial charge in [-0.3, -0.25) is 0 Å². The molecule has 82 valence electrons. The SMILES string of the molecule is CN1C[C@H](CCl)[C@@H](c2ccc(F)cc2)C1. The Morgan fingerprint density at radius 2 is 2.00 bits per heavy atom. The van der Waals surface area contributed by atoms with E-state index in [0.29, 0.717) is 17.7 Å². The molecule has 1 aromatic rings. The Balaban J connectivity index is 2.19. The van der Waals surface area contributed by atoms with E-state index >= 15 is 0 Å². The van der Waals surface area contributed by atoms with Crippen LogP contribution in [0, 0.1) is 11.7 Å². The van der Waals surface area contributed by atoms with Gasteiger partial charge in [0, 0.05) is 24.9 Å². The highest BCUT2D eigenvalue weighted by atomic mass is 35.5. The summed E-state index contributed by atoms with van der Waals surface area (Å²) in [5.74, 6) is 1.44. The zero-order valence-corrected chi connectivity index (χ0v) is 9.54.